The first-order valence-corrected chi connectivity index (χ1v) is 12.3. The van der Waals surface area contributed by atoms with Gasteiger partial charge in [-0.15, -0.1) is 0 Å². The fourth-order valence-corrected chi connectivity index (χ4v) is 5.12. The molecular formula is C25H29F5N4O3. The fourth-order valence-electron chi connectivity index (χ4n) is 5.12. The second kappa shape index (κ2) is 10.8. The van der Waals surface area contributed by atoms with Crippen LogP contribution in [0.25, 0.3) is 11.3 Å². The molecule has 7 nitrogen and oxygen atoms in total. The first-order valence-electron chi connectivity index (χ1n) is 12.3. The summed E-state index contributed by atoms with van der Waals surface area (Å²) >= 11 is 0. The van der Waals surface area contributed by atoms with Crippen LogP contribution in [0.3, 0.4) is 0 Å². The molecule has 1 aromatic heterocycles. The molecule has 1 aliphatic carbocycles. The van der Waals surface area contributed by atoms with E-state index in [0.717, 1.165) is 18.9 Å². The van der Waals surface area contributed by atoms with Crippen molar-refractivity contribution in [1.29, 1.82) is 0 Å². The maximum atomic E-state index is 13.7. The van der Waals surface area contributed by atoms with Crippen LogP contribution in [-0.2, 0) is 11.0 Å². The molecule has 1 aliphatic heterocycles. The van der Waals surface area contributed by atoms with Gasteiger partial charge in [0.1, 0.15) is 0 Å². The summed E-state index contributed by atoms with van der Waals surface area (Å²) in [6, 6.07) is 5.38. The molecule has 2 heterocycles. The van der Waals surface area contributed by atoms with Crippen LogP contribution in [0.2, 0.25) is 0 Å². The maximum Gasteiger partial charge on any atom is 0.417 e. The molecule has 2 aromatic rings. The second-order valence-corrected chi connectivity index (χ2v) is 9.78. The molecule has 37 heavy (non-hydrogen) atoms. The molecule has 0 radical (unpaired) electrons. The van der Waals surface area contributed by atoms with Crippen LogP contribution < -0.4 is 5.32 Å². The predicted molar refractivity (Wildman–Crippen MR) is 124 cm³/mol. The number of hydrogen-bond donors (Lipinski definition) is 2. The highest BCUT2D eigenvalue weighted by Crippen LogP contribution is 2.40. The molecule has 2 aliphatic rings. The van der Waals surface area contributed by atoms with Gasteiger partial charge in [-0.3, -0.25) is 19.2 Å². The van der Waals surface area contributed by atoms with Crippen LogP contribution in [0.5, 0.6) is 0 Å². The van der Waals surface area contributed by atoms with Crippen molar-refractivity contribution in [1.82, 2.24) is 20.0 Å². The standard InChI is InChI=1S/C25H29F5N4O3/c26-24(27)10-12-33(15-24)11-9-16(13-22(35)36)31-23(37)20-14-21(34(32-20)17-5-1-2-6-17)18-7-3-4-8-19(18)25(28,29)30/h3-4,7-8,14,16-17H,1-2,5-6,9-13,15H2,(H,31,37)(H,35,36)/t16-/m0/s1. The lowest BCUT2D eigenvalue weighted by molar-refractivity contribution is -0.138. The number of carbonyl (C=O) groups excluding carboxylic acids is 1. The molecule has 1 amide bonds. The summed E-state index contributed by atoms with van der Waals surface area (Å²) in [5, 5.41) is 16.2. The Hall–Kier alpha value is -3.02. The molecule has 0 bridgehead atoms. The Kier molecular flexibility index (Phi) is 7.86. The normalized spacial score (nSPS) is 19.3. The van der Waals surface area contributed by atoms with Gasteiger partial charge in [-0.2, -0.15) is 18.3 Å². The van der Waals surface area contributed by atoms with Gasteiger partial charge in [0, 0.05) is 31.1 Å². The smallest absolute Gasteiger partial charge is 0.417 e. The highest BCUT2D eigenvalue weighted by Gasteiger charge is 2.38. The average molecular weight is 529 g/mol. The van der Waals surface area contributed by atoms with Crippen molar-refractivity contribution >= 4 is 11.9 Å². The molecule has 0 unspecified atom stereocenters. The van der Waals surface area contributed by atoms with Crippen molar-refractivity contribution in [2.75, 3.05) is 19.6 Å². The molecule has 4 rings (SSSR count). The van der Waals surface area contributed by atoms with Crippen LogP contribution in [0.4, 0.5) is 22.0 Å². The zero-order valence-electron chi connectivity index (χ0n) is 20.1. The van der Waals surface area contributed by atoms with Crippen molar-refractivity contribution in [3.63, 3.8) is 0 Å². The van der Waals surface area contributed by atoms with Crippen LogP contribution in [0, 0.1) is 0 Å². The monoisotopic (exact) mass is 528 g/mol. The molecule has 202 valence electrons. The Balaban J connectivity index is 1.58. The van der Waals surface area contributed by atoms with E-state index in [9.17, 15) is 36.6 Å². The Morgan fingerprint density at radius 3 is 2.51 bits per heavy atom. The third kappa shape index (κ3) is 6.65. The number of aliphatic carboxylic acids is 1. The molecule has 1 saturated heterocycles. The van der Waals surface area contributed by atoms with Crippen LogP contribution in [0.1, 0.15) is 67.0 Å². The van der Waals surface area contributed by atoms with E-state index in [1.807, 2.05) is 0 Å². The maximum absolute atomic E-state index is 13.7. The van der Waals surface area contributed by atoms with Crippen molar-refractivity contribution in [2.24, 2.45) is 0 Å². The second-order valence-electron chi connectivity index (χ2n) is 9.78. The van der Waals surface area contributed by atoms with E-state index < -0.39 is 48.5 Å². The van der Waals surface area contributed by atoms with Crippen molar-refractivity contribution in [2.45, 2.75) is 69.1 Å². The van der Waals surface area contributed by atoms with Gasteiger partial charge < -0.3 is 10.4 Å². The zero-order valence-corrected chi connectivity index (χ0v) is 20.1. The number of nitrogens with zero attached hydrogens (tertiary/aromatic N) is 3. The first-order chi connectivity index (χ1) is 17.4. The SMILES string of the molecule is O=C(O)C[C@H](CCN1CCC(F)(F)C1)NC(=O)c1cc(-c2ccccc2C(F)(F)F)n(C2CCCC2)n1. The number of benzene rings is 1. The van der Waals surface area contributed by atoms with Gasteiger partial charge in [0.2, 0.25) is 0 Å². The van der Waals surface area contributed by atoms with Gasteiger partial charge in [-0.05, 0) is 31.4 Å². The Morgan fingerprint density at radius 2 is 1.89 bits per heavy atom. The van der Waals surface area contributed by atoms with E-state index in [4.69, 9.17) is 0 Å². The van der Waals surface area contributed by atoms with Gasteiger partial charge in [-0.1, -0.05) is 31.0 Å². The number of rotatable bonds is 9. The minimum absolute atomic E-state index is 0.0921. The number of carboxylic acids is 1. The minimum atomic E-state index is -4.61. The largest absolute Gasteiger partial charge is 0.481 e. The Morgan fingerprint density at radius 1 is 1.19 bits per heavy atom. The fraction of sp³-hybridized carbons (Fsp3) is 0.560. The topological polar surface area (TPSA) is 87.5 Å². The first kappa shape index (κ1) is 27.0. The van der Waals surface area contributed by atoms with E-state index in [1.54, 1.807) is 0 Å². The van der Waals surface area contributed by atoms with Crippen molar-refractivity contribution in [3.8, 4) is 11.3 Å². The number of halogens is 5. The van der Waals surface area contributed by atoms with E-state index in [2.05, 4.69) is 10.4 Å². The number of carbonyl (C=O) groups is 2. The quantitative estimate of drug-likeness (QED) is 0.448. The predicted octanol–water partition coefficient (Wildman–Crippen LogP) is 4.99. The lowest BCUT2D eigenvalue weighted by Crippen LogP contribution is -2.39. The van der Waals surface area contributed by atoms with Crippen LogP contribution in [0.15, 0.2) is 30.3 Å². The summed E-state index contributed by atoms with van der Waals surface area (Å²) in [5.41, 5.74) is -0.890. The van der Waals surface area contributed by atoms with Gasteiger partial charge >= 0.3 is 12.1 Å². The van der Waals surface area contributed by atoms with Crippen LogP contribution >= 0.6 is 0 Å². The van der Waals surface area contributed by atoms with E-state index in [-0.39, 0.29) is 48.9 Å². The average Bonchev–Trinajstić information content (AvgIpc) is 3.56. The molecule has 0 spiro atoms. The van der Waals surface area contributed by atoms with Crippen LogP contribution in [-0.4, -0.2) is 63.3 Å². The van der Waals surface area contributed by atoms with E-state index in [1.165, 1.54) is 33.8 Å². The summed E-state index contributed by atoms with van der Waals surface area (Å²) in [7, 11) is 0. The molecule has 1 saturated carbocycles. The number of aromatic nitrogens is 2. The summed E-state index contributed by atoms with van der Waals surface area (Å²) in [6.07, 6.45) is -1.97. The molecule has 2 N–H and O–H groups in total. The van der Waals surface area contributed by atoms with Gasteiger partial charge in [0.05, 0.1) is 30.3 Å². The summed E-state index contributed by atoms with van der Waals surface area (Å²) < 4.78 is 69.7. The lowest BCUT2D eigenvalue weighted by atomic mass is 10.0. The number of amides is 1. The molecule has 1 aromatic carbocycles. The molecule has 1 atom stereocenters. The summed E-state index contributed by atoms with van der Waals surface area (Å²) in [5.74, 6) is -4.68. The summed E-state index contributed by atoms with van der Waals surface area (Å²) in [6.45, 7) is -0.0719. The van der Waals surface area contributed by atoms with E-state index in [0.29, 0.717) is 12.8 Å². The lowest BCUT2D eigenvalue weighted by Gasteiger charge is -2.21. The highest BCUT2D eigenvalue weighted by molar-refractivity contribution is 5.94. The van der Waals surface area contributed by atoms with Crippen molar-refractivity contribution < 1.29 is 36.6 Å². The third-order valence-electron chi connectivity index (χ3n) is 6.95. The Bertz CT molecular complexity index is 1130. The molecular weight excluding hydrogens is 499 g/mol. The molecule has 2 fully saturated rings. The van der Waals surface area contributed by atoms with Gasteiger partial charge in [-0.25, -0.2) is 8.78 Å². The van der Waals surface area contributed by atoms with Gasteiger partial charge in [0.15, 0.2) is 5.69 Å². The summed E-state index contributed by atoms with van der Waals surface area (Å²) in [4.78, 5) is 26.0. The van der Waals surface area contributed by atoms with E-state index >= 15 is 0 Å². The van der Waals surface area contributed by atoms with Gasteiger partial charge in [0.25, 0.3) is 11.8 Å². The third-order valence-corrected chi connectivity index (χ3v) is 6.95. The molecule has 12 heteroatoms. The highest BCUT2D eigenvalue weighted by atomic mass is 19.4. The number of nitrogens with one attached hydrogen (secondary N) is 1. The number of hydrogen-bond acceptors (Lipinski definition) is 4. The number of carboxylic acid groups (broad SMARTS) is 1. The minimum Gasteiger partial charge on any atom is -0.481 e. The Labute approximate surface area is 210 Å². The van der Waals surface area contributed by atoms with Crippen molar-refractivity contribution in [3.05, 3.63) is 41.6 Å². The number of alkyl halides is 5. The number of likely N-dealkylation sites (tertiary alicyclic amines) is 1. The zero-order chi connectivity index (χ0) is 26.8.